The van der Waals surface area contributed by atoms with Gasteiger partial charge in [0.05, 0.1) is 17.9 Å². The SMILES string of the molecule is COC(=O)c1ccc(CS[C@H](C)C(=O)O)cc1. The van der Waals surface area contributed by atoms with Crippen LogP contribution in [0.3, 0.4) is 0 Å². The summed E-state index contributed by atoms with van der Waals surface area (Å²) in [4.78, 5) is 21.8. The standard InChI is InChI=1S/C12H14O4S/c1-8(11(13)14)17-7-9-3-5-10(6-4-9)12(15)16-2/h3-6,8H,7H2,1-2H3,(H,13,14)/t8-/m1/s1. The maximum Gasteiger partial charge on any atom is 0.337 e. The number of methoxy groups -OCH3 is 1. The van der Waals surface area contributed by atoms with Crippen molar-refractivity contribution < 1.29 is 19.4 Å². The molecule has 0 unspecified atom stereocenters. The van der Waals surface area contributed by atoms with Crippen molar-refractivity contribution in [3.63, 3.8) is 0 Å². The van der Waals surface area contributed by atoms with Crippen molar-refractivity contribution in [3.05, 3.63) is 35.4 Å². The van der Waals surface area contributed by atoms with E-state index in [1.54, 1.807) is 31.2 Å². The number of esters is 1. The van der Waals surface area contributed by atoms with Crippen molar-refractivity contribution in [1.82, 2.24) is 0 Å². The third-order valence-electron chi connectivity index (χ3n) is 2.22. The van der Waals surface area contributed by atoms with Crippen molar-refractivity contribution >= 4 is 23.7 Å². The van der Waals surface area contributed by atoms with Crippen LogP contribution in [-0.2, 0) is 15.3 Å². The second kappa shape index (κ2) is 6.30. The molecule has 0 aliphatic rings. The highest BCUT2D eigenvalue weighted by Crippen LogP contribution is 2.18. The minimum absolute atomic E-state index is 0.372. The van der Waals surface area contributed by atoms with Gasteiger partial charge in [-0.25, -0.2) is 4.79 Å². The van der Waals surface area contributed by atoms with Crippen molar-refractivity contribution in [2.45, 2.75) is 17.9 Å². The lowest BCUT2D eigenvalue weighted by molar-refractivity contribution is -0.136. The van der Waals surface area contributed by atoms with E-state index in [2.05, 4.69) is 4.74 Å². The molecule has 5 heteroatoms. The summed E-state index contributed by atoms with van der Waals surface area (Å²) in [7, 11) is 1.33. The molecule has 92 valence electrons. The highest BCUT2D eigenvalue weighted by atomic mass is 32.2. The molecule has 4 nitrogen and oxygen atoms in total. The van der Waals surface area contributed by atoms with E-state index in [0.29, 0.717) is 11.3 Å². The zero-order valence-corrected chi connectivity index (χ0v) is 10.5. The molecule has 1 aromatic rings. The Bertz CT molecular complexity index is 399. The third-order valence-corrected chi connectivity index (χ3v) is 3.42. The lowest BCUT2D eigenvalue weighted by atomic mass is 10.1. The van der Waals surface area contributed by atoms with Gasteiger partial charge >= 0.3 is 11.9 Å². The van der Waals surface area contributed by atoms with Gasteiger partial charge in [-0.2, -0.15) is 0 Å². The van der Waals surface area contributed by atoms with E-state index in [0.717, 1.165) is 5.56 Å². The van der Waals surface area contributed by atoms with E-state index in [-0.39, 0.29) is 5.97 Å². The monoisotopic (exact) mass is 254 g/mol. The lowest BCUT2D eigenvalue weighted by Gasteiger charge is -2.06. The van der Waals surface area contributed by atoms with Crippen LogP contribution in [-0.4, -0.2) is 29.4 Å². The van der Waals surface area contributed by atoms with Gasteiger partial charge < -0.3 is 9.84 Å². The van der Waals surface area contributed by atoms with Crippen LogP contribution in [0.1, 0.15) is 22.8 Å². The average Bonchev–Trinajstić information content (AvgIpc) is 2.35. The molecule has 1 atom stereocenters. The minimum Gasteiger partial charge on any atom is -0.480 e. The van der Waals surface area contributed by atoms with Crippen LogP contribution >= 0.6 is 11.8 Å². The van der Waals surface area contributed by atoms with Crippen LogP contribution in [0.5, 0.6) is 0 Å². The molecule has 0 amide bonds. The molecule has 0 saturated heterocycles. The van der Waals surface area contributed by atoms with Gasteiger partial charge in [-0.05, 0) is 24.6 Å². The summed E-state index contributed by atoms with van der Waals surface area (Å²) in [6, 6.07) is 6.95. The predicted molar refractivity (Wildman–Crippen MR) is 66.2 cm³/mol. The molecule has 0 heterocycles. The smallest absolute Gasteiger partial charge is 0.337 e. The molecule has 0 aliphatic carbocycles. The third kappa shape index (κ3) is 4.11. The van der Waals surface area contributed by atoms with Gasteiger partial charge in [-0.1, -0.05) is 12.1 Å². The Labute approximate surface area is 104 Å². The fourth-order valence-electron chi connectivity index (χ4n) is 1.15. The molecule has 0 aromatic heterocycles. The first-order chi connectivity index (χ1) is 8.04. The van der Waals surface area contributed by atoms with Gasteiger partial charge in [0.15, 0.2) is 0 Å². The maximum absolute atomic E-state index is 11.2. The molecule has 0 saturated carbocycles. The Kier molecular flexibility index (Phi) is 5.03. The highest BCUT2D eigenvalue weighted by molar-refractivity contribution is 7.99. The minimum atomic E-state index is -0.818. The quantitative estimate of drug-likeness (QED) is 0.816. The zero-order valence-electron chi connectivity index (χ0n) is 9.67. The largest absolute Gasteiger partial charge is 0.480 e. The first-order valence-corrected chi connectivity index (χ1v) is 6.11. The van der Waals surface area contributed by atoms with Crippen LogP contribution in [0.4, 0.5) is 0 Å². The Morgan fingerprint density at radius 2 is 1.94 bits per heavy atom. The molecule has 0 radical (unpaired) electrons. The molecule has 0 spiro atoms. The molecule has 0 fully saturated rings. The number of carboxylic acid groups (broad SMARTS) is 1. The van der Waals surface area contributed by atoms with E-state index in [1.165, 1.54) is 18.9 Å². The number of thioether (sulfide) groups is 1. The number of hydrogen-bond acceptors (Lipinski definition) is 4. The molecule has 1 N–H and O–H groups in total. The summed E-state index contributed by atoms with van der Waals surface area (Å²) < 4.78 is 4.58. The number of ether oxygens (including phenoxy) is 1. The van der Waals surface area contributed by atoms with E-state index in [9.17, 15) is 9.59 Å². The molecule has 0 bridgehead atoms. The molecular formula is C12H14O4S. The van der Waals surface area contributed by atoms with Crippen LogP contribution < -0.4 is 0 Å². The van der Waals surface area contributed by atoms with Crippen molar-refractivity contribution in [2.24, 2.45) is 0 Å². The number of carboxylic acids is 1. The number of carbonyl (C=O) groups excluding carboxylic acids is 1. The predicted octanol–water partition coefficient (Wildman–Crippen LogP) is 2.18. The molecule has 1 rings (SSSR count). The van der Waals surface area contributed by atoms with E-state index < -0.39 is 11.2 Å². The summed E-state index contributed by atoms with van der Waals surface area (Å²) >= 11 is 1.34. The summed E-state index contributed by atoms with van der Waals surface area (Å²) in [6.45, 7) is 1.65. The summed E-state index contributed by atoms with van der Waals surface area (Å²) in [5.74, 6) is -0.584. The Morgan fingerprint density at radius 3 is 2.41 bits per heavy atom. The summed E-state index contributed by atoms with van der Waals surface area (Å²) in [6.07, 6.45) is 0. The number of benzene rings is 1. The van der Waals surface area contributed by atoms with Gasteiger partial charge in [0.1, 0.15) is 0 Å². The Balaban J connectivity index is 2.57. The van der Waals surface area contributed by atoms with Crippen LogP contribution in [0, 0.1) is 0 Å². The van der Waals surface area contributed by atoms with Crippen molar-refractivity contribution in [2.75, 3.05) is 7.11 Å². The van der Waals surface area contributed by atoms with Crippen molar-refractivity contribution in [3.8, 4) is 0 Å². The fraction of sp³-hybridized carbons (Fsp3) is 0.333. The van der Waals surface area contributed by atoms with E-state index >= 15 is 0 Å². The van der Waals surface area contributed by atoms with E-state index in [4.69, 9.17) is 5.11 Å². The highest BCUT2D eigenvalue weighted by Gasteiger charge is 2.11. The lowest BCUT2D eigenvalue weighted by Crippen LogP contribution is -2.11. The van der Waals surface area contributed by atoms with Crippen LogP contribution in [0.2, 0.25) is 0 Å². The van der Waals surface area contributed by atoms with Crippen molar-refractivity contribution in [1.29, 1.82) is 0 Å². The second-order valence-electron chi connectivity index (χ2n) is 3.48. The normalized spacial score (nSPS) is 11.9. The number of hydrogen-bond donors (Lipinski definition) is 1. The fourth-order valence-corrected chi connectivity index (χ4v) is 1.92. The number of rotatable bonds is 5. The van der Waals surface area contributed by atoms with Gasteiger partial charge in [0.2, 0.25) is 0 Å². The first kappa shape index (κ1) is 13.6. The van der Waals surface area contributed by atoms with Crippen LogP contribution in [0.25, 0.3) is 0 Å². The second-order valence-corrected chi connectivity index (χ2v) is 4.81. The van der Waals surface area contributed by atoms with Gasteiger partial charge in [0, 0.05) is 5.75 Å². The topological polar surface area (TPSA) is 63.6 Å². The Hall–Kier alpha value is -1.49. The van der Waals surface area contributed by atoms with Gasteiger partial charge in [-0.15, -0.1) is 11.8 Å². The summed E-state index contributed by atoms with van der Waals surface area (Å²) in [5.41, 5.74) is 1.48. The average molecular weight is 254 g/mol. The van der Waals surface area contributed by atoms with E-state index in [1.807, 2.05) is 0 Å². The molecule has 0 aliphatic heterocycles. The summed E-state index contributed by atoms with van der Waals surface area (Å²) in [5, 5.41) is 8.29. The molecule has 17 heavy (non-hydrogen) atoms. The van der Waals surface area contributed by atoms with Crippen LogP contribution in [0.15, 0.2) is 24.3 Å². The van der Waals surface area contributed by atoms with Gasteiger partial charge in [0.25, 0.3) is 0 Å². The molecular weight excluding hydrogens is 240 g/mol. The number of aliphatic carboxylic acids is 1. The number of carbonyl (C=O) groups is 2. The molecule has 1 aromatic carbocycles. The first-order valence-electron chi connectivity index (χ1n) is 5.06. The van der Waals surface area contributed by atoms with Gasteiger partial charge in [-0.3, -0.25) is 4.79 Å². The maximum atomic E-state index is 11.2. The Morgan fingerprint density at radius 1 is 1.35 bits per heavy atom. The zero-order chi connectivity index (χ0) is 12.8.